The van der Waals surface area contributed by atoms with E-state index in [1.54, 1.807) is 7.05 Å². The van der Waals surface area contributed by atoms with Crippen molar-refractivity contribution in [3.05, 3.63) is 28.7 Å². The van der Waals surface area contributed by atoms with Crippen molar-refractivity contribution in [3.63, 3.8) is 0 Å². The molecule has 1 saturated heterocycles. The molecule has 0 saturated carbocycles. The summed E-state index contributed by atoms with van der Waals surface area (Å²) in [6.07, 6.45) is -1.34. The number of nitrogens with zero attached hydrogens (tertiary/aromatic N) is 5. The average Bonchev–Trinajstić information content (AvgIpc) is 3.17. The zero-order chi connectivity index (χ0) is 17.3. The van der Waals surface area contributed by atoms with Gasteiger partial charge in [0.15, 0.2) is 17.4 Å². The van der Waals surface area contributed by atoms with Crippen molar-refractivity contribution in [3.8, 4) is 0 Å². The highest BCUT2D eigenvalue weighted by molar-refractivity contribution is 14.0. The highest BCUT2D eigenvalue weighted by Gasteiger charge is 2.32. The predicted octanol–water partition coefficient (Wildman–Crippen LogP) is 3.19. The molecular formula is C14H17ClF3IN6. The van der Waals surface area contributed by atoms with Gasteiger partial charge in [0.25, 0.3) is 0 Å². The summed E-state index contributed by atoms with van der Waals surface area (Å²) in [6, 6.07) is 0.853. The third-order valence-corrected chi connectivity index (χ3v) is 4.16. The number of alkyl halides is 3. The van der Waals surface area contributed by atoms with Crippen LogP contribution in [0.4, 0.5) is 13.2 Å². The Morgan fingerprint density at radius 2 is 2.00 bits per heavy atom. The van der Waals surface area contributed by atoms with Crippen LogP contribution in [0.5, 0.6) is 0 Å². The predicted molar refractivity (Wildman–Crippen MR) is 99.4 cm³/mol. The fraction of sp³-hybridized carbons (Fsp3) is 0.500. The van der Waals surface area contributed by atoms with E-state index in [9.17, 15) is 13.2 Å². The third-order valence-electron chi connectivity index (χ3n) is 3.88. The number of likely N-dealkylation sites (tertiary alicyclic amines) is 1. The lowest BCUT2D eigenvalue weighted by atomic mass is 10.3. The van der Waals surface area contributed by atoms with Gasteiger partial charge >= 0.3 is 6.18 Å². The molecule has 3 rings (SSSR count). The van der Waals surface area contributed by atoms with Gasteiger partial charge in [0, 0.05) is 26.3 Å². The fourth-order valence-corrected chi connectivity index (χ4v) is 2.94. The van der Waals surface area contributed by atoms with Gasteiger partial charge in [-0.15, -0.1) is 34.2 Å². The summed E-state index contributed by atoms with van der Waals surface area (Å²) in [5, 5.41) is 10.8. The van der Waals surface area contributed by atoms with E-state index in [0.717, 1.165) is 38.2 Å². The molecule has 0 atom stereocenters. The van der Waals surface area contributed by atoms with Gasteiger partial charge in [0.05, 0.1) is 17.1 Å². The molecule has 0 unspecified atom stereocenters. The van der Waals surface area contributed by atoms with E-state index < -0.39 is 11.7 Å². The first-order valence-corrected chi connectivity index (χ1v) is 7.84. The molecule has 11 heteroatoms. The standard InChI is InChI=1S/C14H16ClF3N6.HI/c1-19-13(23-4-2-3-5-23)20-7-11-21-22-12-10(15)6-9(8-24(11)12)14(16,17)18;/h6,8H,2-5,7H2,1H3,(H,19,20);1H. The first kappa shape index (κ1) is 20.0. The van der Waals surface area contributed by atoms with Crippen LogP contribution in [0.3, 0.4) is 0 Å². The van der Waals surface area contributed by atoms with E-state index in [1.807, 2.05) is 0 Å². The van der Waals surface area contributed by atoms with Crippen molar-refractivity contribution < 1.29 is 13.2 Å². The van der Waals surface area contributed by atoms with Gasteiger partial charge in [-0.2, -0.15) is 13.2 Å². The Balaban J connectivity index is 0.00000225. The third kappa shape index (κ3) is 4.27. The van der Waals surface area contributed by atoms with Crippen LogP contribution in [0.2, 0.25) is 5.02 Å². The topological polar surface area (TPSA) is 57.8 Å². The number of hydrogen-bond acceptors (Lipinski definition) is 3. The fourth-order valence-electron chi connectivity index (χ4n) is 2.69. The first-order chi connectivity index (χ1) is 11.4. The minimum Gasteiger partial charge on any atom is -0.349 e. The Labute approximate surface area is 164 Å². The van der Waals surface area contributed by atoms with Crippen molar-refractivity contribution in [2.45, 2.75) is 25.6 Å². The number of pyridine rings is 1. The zero-order valence-corrected chi connectivity index (χ0v) is 16.4. The molecule has 6 nitrogen and oxygen atoms in total. The molecule has 1 aliphatic rings. The molecule has 1 N–H and O–H groups in total. The van der Waals surface area contributed by atoms with Gasteiger partial charge in [-0.25, -0.2) is 0 Å². The molecule has 0 radical (unpaired) electrons. The second kappa shape index (κ2) is 7.94. The highest BCUT2D eigenvalue weighted by Crippen LogP contribution is 2.32. The molecule has 0 bridgehead atoms. The second-order valence-electron chi connectivity index (χ2n) is 5.48. The monoisotopic (exact) mass is 488 g/mol. The van der Waals surface area contributed by atoms with E-state index in [4.69, 9.17) is 11.6 Å². The molecule has 138 valence electrons. The molecule has 25 heavy (non-hydrogen) atoms. The second-order valence-corrected chi connectivity index (χ2v) is 5.89. The number of halogens is 5. The van der Waals surface area contributed by atoms with Crippen LogP contribution >= 0.6 is 35.6 Å². The number of nitrogens with one attached hydrogen (secondary N) is 1. The van der Waals surface area contributed by atoms with Crippen LogP contribution in [-0.2, 0) is 12.7 Å². The normalized spacial score (nSPS) is 15.6. The summed E-state index contributed by atoms with van der Waals surface area (Å²) < 4.78 is 40.1. The van der Waals surface area contributed by atoms with Crippen LogP contribution in [0.1, 0.15) is 24.2 Å². The number of hydrogen-bond donors (Lipinski definition) is 1. The smallest absolute Gasteiger partial charge is 0.349 e. The van der Waals surface area contributed by atoms with Crippen LogP contribution in [-0.4, -0.2) is 45.6 Å². The van der Waals surface area contributed by atoms with Gasteiger partial charge in [-0.05, 0) is 18.9 Å². The SMILES string of the molecule is CN=C(NCc1nnc2c(Cl)cc(C(F)(F)F)cn12)N1CCCC1.I. The van der Waals surface area contributed by atoms with E-state index >= 15 is 0 Å². The summed E-state index contributed by atoms with van der Waals surface area (Å²) in [4.78, 5) is 6.29. The Hall–Kier alpha value is -1.30. The molecule has 0 aliphatic carbocycles. The lowest BCUT2D eigenvalue weighted by Gasteiger charge is -2.20. The Morgan fingerprint density at radius 3 is 2.60 bits per heavy atom. The maximum absolute atomic E-state index is 13.0. The largest absolute Gasteiger partial charge is 0.417 e. The average molecular weight is 489 g/mol. The number of aliphatic imine (C=N–C) groups is 1. The van der Waals surface area contributed by atoms with Crippen molar-refractivity contribution in [1.29, 1.82) is 0 Å². The summed E-state index contributed by atoms with van der Waals surface area (Å²) >= 11 is 5.90. The maximum atomic E-state index is 13.0. The Kier molecular flexibility index (Phi) is 6.35. The maximum Gasteiger partial charge on any atom is 0.417 e. The molecule has 0 amide bonds. The van der Waals surface area contributed by atoms with E-state index in [-0.39, 0.29) is 41.2 Å². The highest BCUT2D eigenvalue weighted by atomic mass is 127. The Bertz CT molecular complexity index is 770. The molecule has 3 heterocycles. The van der Waals surface area contributed by atoms with E-state index in [1.165, 1.54) is 4.40 Å². The van der Waals surface area contributed by atoms with Crippen LogP contribution in [0.25, 0.3) is 5.65 Å². The van der Waals surface area contributed by atoms with Gasteiger partial charge in [-0.1, -0.05) is 11.6 Å². The van der Waals surface area contributed by atoms with Gasteiger partial charge in [-0.3, -0.25) is 9.39 Å². The minimum atomic E-state index is -4.49. The van der Waals surface area contributed by atoms with Crippen LogP contribution in [0.15, 0.2) is 17.3 Å². The molecule has 2 aromatic rings. The molecule has 0 aromatic carbocycles. The lowest BCUT2D eigenvalue weighted by Crippen LogP contribution is -2.39. The van der Waals surface area contributed by atoms with Gasteiger partial charge in [0.1, 0.15) is 0 Å². The van der Waals surface area contributed by atoms with Crippen molar-refractivity contribution >= 4 is 47.2 Å². The van der Waals surface area contributed by atoms with Crippen molar-refractivity contribution in [2.75, 3.05) is 20.1 Å². The zero-order valence-electron chi connectivity index (χ0n) is 13.3. The number of aromatic nitrogens is 3. The van der Waals surface area contributed by atoms with Crippen LogP contribution in [0, 0.1) is 0 Å². The summed E-state index contributed by atoms with van der Waals surface area (Å²) in [5.41, 5.74) is -0.650. The molecular weight excluding hydrogens is 472 g/mol. The van der Waals surface area contributed by atoms with E-state index in [0.29, 0.717) is 11.8 Å². The number of guanidine groups is 1. The number of rotatable bonds is 2. The molecule has 1 aliphatic heterocycles. The van der Waals surface area contributed by atoms with Crippen molar-refractivity contribution in [2.24, 2.45) is 4.99 Å². The minimum absolute atomic E-state index is 0. The summed E-state index contributed by atoms with van der Waals surface area (Å²) in [6.45, 7) is 2.01. The van der Waals surface area contributed by atoms with Gasteiger partial charge < -0.3 is 10.2 Å². The Morgan fingerprint density at radius 1 is 1.32 bits per heavy atom. The quantitative estimate of drug-likeness (QED) is 0.401. The molecule has 1 fully saturated rings. The first-order valence-electron chi connectivity index (χ1n) is 7.46. The summed E-state index contributed by atoms with van der Waals surface area (Å²) in [7, 11) is 1.67. The molecule has 2 aromatic heterocycles. The van der Waals surface area contributed by atoms with Crippen molar-refractivity contribution in [1.82, 2.24) is 24.8 Å². The van der Waals surface area contributed by atoms with E-state index in [2.05, 4.69) is 25.4 Å². The van der Waals surface area contributed by atoms with Gasteiger partial charge in [0.2, 0.25) is 0 Å². The van der Waals surface area contributed by atoms with Crippen LogP contribution < -0.4 is 5.32 Å². The molecule has 0 spiro atoms. The lowest BCUT2D eigenvalue weighted by molar-refractivity contribution is -0.137. The number of fused-ring (bicyclic) bond motifs is 1. The summed E-state index contributed by atoms with van der Waals surface area (Å²) in [5.74, 6) is 1.03.